The minimum Gasteiger partial charge on any atom is -0.478 e. The van der Waals surface area contributed by atoms with Gasteiger partial charge in [-0.15, -0.1) is 0 Å². The lowest BCUT2D eigenvalue weighted by Gasteiger charge is -2.29. The molecule has 2 aromatic carbocycles. The first-order valence-corrected chi connectivity index (χ1v) is 10.2. The van der Waals surface area contributed by atoms with Crippen LogP contribution in [0.5, 0.6) is 0 Å². The zero-order chi connectivity index (χ0) is 19.6. The van der Waals surface area contributed by atoms with Crippen molar-refractivity contribution in [1.29, 1.82) is 0 Å². The van der Waals surface area contributed by atoms with Gasteiger partial charge in [-0.3, -0.25) is 4.72 Å². The molecule has 27 heavy (non-hydrogen) atoms. The molecule has 3 rings (SSSR count). The molecule has 0 spiro atoms. The summed E-state index contributed by atoms with van der Waals surface area (Å²) in [4.78, 5) is 12.8. The molecule has 0 aliphatic carbocycles. The maximum atomic E-state index is 14.5. The number of carboxylic acid groups (broad SMARTS) is 1. The van der Waals surface area contributed by atoms with E-state index in [9.17, 15) is 22.7 Å². The van der Waals surface area contributed by atoms with Crippen molar-refractivity contribution in [3.8, 4) is 0 Å². The lowest BCUT2D eigenvalue weighted by Crippen LogP contribution is -2.30. The number of aromatic carboxylic acids is 1. The van der Waals surface area contributed by atoms with Crippen LogP contribution in [0.3, 0.4) is 0 Å². The molecule has 2 aromatic rings. The van der Waals surface area contributed by atoms with E-state index in [1.807, 2.05) is 4.90 Å². The molecular formula is C18H18ClFN2O4S. The van der Waals surface area contributed by atoms with Crippen molar-refractivity contribution in [2.24, 2.45) is 0 Å². The predicted molar refractivity (Wildman–Crippen MR) is 102 cm³/mol. The van der Waals surface area contributed by atoms with Gasteiger partial charge in [-0.25, -0.2) is 17.6 Å². The third kappa shape index (κ3) is 4.33. The normalized spacial score (nSPS) is 14.8. The molecule has 0 amide bonds. The van der Waals surface area contributed by atoms with Crippen LogP contribution in [0.2, 0.25) is 5.02 Å². The predicted octanol–water partition coefficient (Wildman–Crippen LogP) is 3.97. The van der Waals surface area contributed by atoms with Gasteiger partial charge >= 0.3 is 5.97 Å². The maximum absolute atomic E-state index is 14.5. The number of halogens is 2. The number of benzene rings is 2. The number of anilines is 2. The number of piperidine rings is 1. The summed E-state index contributed by atoms with van der Waals surface area (Å²) in [7, 11) is -4.23. The molecule has 0 radical (unpaired) electrons. The molecule has 0 unspecified atom stereocenters. The molecular weight excluding hydrogens is 395 g/mol. The van der Waals surface area contributed by atoms with Crippen LogP contribution in [-0.2, 0) is 10.0 Å². The van der Waals surface area contributed by atoms with Crippen LogP contribution >= 0.6 is 11.6 Å². The summed E-state index contributed by atoms with van der Waals surface area (Å²) in [6.45, 7) is 1.52. The number of hydrogen-bond acceptors (Lipinski definition) is 4. The molecule has 0 saturated carbocycles. The Bertz CT molecular complexity index is 975. The molecule has 1 heterocycles. The van der Waals surface area contributed by atoms with E-state index in [0.29, 0.717) is 5.69 Å². The third-order valence-electron chi connectivity index (χ3n) is 4.36. The summed E-state index contributed by atoms with van der Waals surface area (Å²) in [6, 6.07) is 7.52. The first-order valence-electron chi connectivity index (χ1n) is 8.38. The van der Waals surface area contributed by atoms with Crippen molar-refractivity contribution in [3.63, 3.8) is 0 Å². The van der Waals surface area contributed by atoms with E-state index in [0.717, 1.165) is 50.6 Å². The van der Waals surface area contributed by atoms with E-state index in [1.54, 1.807) is 0 Å². The van der Waals surface area contributed by atoms with E-state index >= 15 is 0 Å². The second kappa shape index (κ2) is 7.74. The Labute approximate surface area is 161 Å². The summed E-state index contributed by atoms with van der Waals surface area (Å²) in [5.41, 5.74) is -0.0182. The van der Waals surface area contributed by atoms with E-state index in [4.69, 9.17) is 11.6 Å². The van der Waals surface area contributed by atoms with Crippen LogP contribution in [0.15, 0.2) is 41.3 Å². The molecule has 9 heteroatoms. The van der Waals surface area contributed by atoms with Crippen LogP contribution in [0.4, 0.5) is 15.8 Å². The number of carboxylic acids is 1. The minimum absolute atomic E-state index is 0.0135. The van der Waals surface area contributed by atoms with E-state index in [-0.39, 0.29) is 10.7 Å². The van der Waals surface area contributed by atoms with Gasteiger partial charge in [-0.1, -0.05) is 11.6 Å². The molecule has 1 fully saturated rings. The smallest absolute Gasteiger partial charge is 0.337 e. The summed E-state index contributed by atoms with van der Waals surface area (Å²) < 4.78 is 41.9. The van der Waals surface area contributed by atoms with E-state index < -0.39 is 32.3 Å². The SMILES string of the molecule is O=C(O)c1cc(Cl)ccc1S(=O)(=O)Nc1ccc(N2CCCCC2)c(F)c1. The van der Waals surface area contributed by atoms with Crippen molar-refractivity contribution in [2.45, 2.75) is 24.2 Å². The number of nitrogens with zero attached hydrogens (tertiary/aromatic N) is 1. The summed E-state index contributed by atoms with van der Waals surface area (Å²) in [6.07, 6.45) is 3.09. The van der Waals surface area contributed by atoms with Crippen LogP contribution in [0.25, 0.3) is 0 Å². The highest BCUT2D eigenvalue weighted by Gasteiger charge is 2.23. The zero-order valence-electron chi connectivity index (χ0n) is 14.3. The van der Waals surface area contributed by atoms with Gasteiger partial charge in [0.1, 0.15) is 10.7 Å². The number of rotatable bonds is 5. The molecule has 0 bridgehead atoms. The molecule has 1 saturated heterocycles. The number of nitrogens with one attached hydrogen (secondary N) is 1. The van der Waals surface area contributed by atoms with Crippen molar-refractivity contribution in [2.75, 3.05) is 22.7 Å². The van der Waals surface area contributed by atoms with Crippen LogP contribution < -0.4 is 9.62 Å². The van der Waals surface area contributed by atoms with E-state index in [2.05, 4.69) is 4.72 Å². The molecule has 0 aromatic heterocycles. The molecule has 0 atom stereocenters. The summed E-state index contributed by atoms with van der Waals surface area (Å²) in [5, 5.41) is 9.33. The average Bonchev–Trinajstić information content (AvgIpc) is 2.62. The van der Waals surface area contributed by atoms with Crippen LogP contribution in [0.1, 0.15) is 29.6 Å². The first-order chi connectivity index (χ1) is 12.8. The molecule has 1 aliphatic heterocycles. The van der Waals surface area contributed by atoms with Crippen molar-refractivity contribution < 1.29 is 22.7 Å². The van der Waals surface area contributed by atoms with Gasteiger partial charge < -0.3 is 10.0 Å². The Balaban J connectivity index is 1.88. The Kier molecular flexibility index (Phi) is 5.57. The number of carbonyl (C=O) groups is 1. The zero-order valence-corrected chi connectivity index (χ0v) is 15.9. The third-order valence-corrected chi connectivity index (χ3v) is 6.03. The minimum atomic E-state index is -4.23. The quantitative estimate of drug-likeness (QED) is 0.776. The highest BCUT2D eigenvalue weighted by atomic mass is 35.5. The monoisotopic (exact) mass is 412 g/mol. The Morgan fingerprint density at radius 1 is 1.11 bits per heavy atom. The van der Waals surface area contributed by atoms with Gasteiger partial charge in [-0.2, -0.15) is 0 Å². The lowest BCUT2D eigenvalue weighted by molar-refractivity contribution is 0.0692. The fraction of sp³-hybridized carbons (Fsp3) is 0.278. The molecule has 6 nitrogen and oxygen atoms in total. The van der Waals surface area contributed by atoms with Gasteiger partial charge in [0.15, 0.2) is 0 Å². The Morgan fingerprint density at radius 2 is 1.81 bits per heavy atom. The van der Waals surface area contributed by atoms with Crippen molar-refractivity contribution in [1.82, 2.24) is 0 Å². The lowest BCUT2D eigenvalue weighted by atomic mass is 10.1. The van der Waals surface area contributed by atoms with Gasteiger partial charge in [0.25, 0.3) is 10.0 Å². The average molecular weight is 413 g/mol. The molecule has 1 aliphatic rings. The highest BCUT2D eigenvalue weighted by molar-refractivity contribution is 7.92. The largest absolute Gasteiger partial charge is 0.478 e. The standard InChI is InChI=1S/C18H18ClFN2O4S/c19-12-4-7-17(14(10-12)18(23)24)27(25,26)21-13-5-6-16(15(20)11-13)22-8-2-1-3-9-22/h4-7,10-11,21H,1-3,8-9H2,(H,23,24). The number of sulfonamides is 1. The van der Waals surface area contributed by atoms with Crippen molar-refractivity contribution in [3.05, 3.63) is 52.8 Å². The Morgan fingerprint density at radius 3 is 2.44 bits per heavy atom. The van der Waals surface area contributed by atoms with Crippen LogP contribution in [0, 0.1) is 5.82 Å². The topological polar surface area (TPSA) is 86.7 Å². The van der Waals surface area contributed by atoms with E-state index in [1.165, 1.54) is 18.2 Å². The fourth-order valence-electron chi connectivity index (χ4n) is 3.08. The summed E-state index contributed by atoms with van der Waals surface area (Å²) in [5.74, 6) is -1.96. The fourth-order valence-corrected chi connectivity index (χ4v) is 4.48. The first kappa shape index (κ1) is 19.4. The second-order valence-corrected chi connectivity index (χ2v) is 8.35. The maximum Gasteiger partial charge on any atom is 0.337 e. The molecule has 2 N–H and O–H groups in total. The second-order valence-electron chi connectivity index (χ2n) is 6.27. The van der Waals surface area contributed by atoms with Gasteiger partial charge in [0.05, 0.1) is 16.9 Å². The highest BCUT2D eigenvalue weighted by Crippen LogP contribution is 2.28. The number of hydrogen-bond donors (Lipinski definition) is 2. The molecule has 144 valence electrons. The Hall–Kier alpha value is -2.32. The van der Waals surface area contributed by atoms with Gasteiger partial charge in [-0.05, 0) is 49.6 Å². The van der Waals surface area contributed by atoms with Crippen LogP contribution in [-0.4, -0.2) is 32.6 Å². The summed E-state index contributed by atoms with van der Waals surface area (Å²) >= 11 is 5.75. The van der Waals surface area contributed by atoms with Gasteiger partial charge in [0, 0.05) is 24.2 Å². The van der Waals surface area contributed by atoms with Gasteiger partial charge in [0.2, 0.25) is 0 Å². The van der Waals surface area contributed by atoms with Crippen molar-refractivity contribution >= 4 is 39.0 Å².